The molecule has 1 aromatic rings. The van der Waals surface area contributed by atoms with Crippen LogP contribution in [0.15, 0.2) is 29.4 Å². The fourth-order valence-electron chi connectivity index (χ4n) is 2.63. The van der Waals surface area contributed by atoms with E-state index in [9.17, 15) is 14.7 Å². The zero-order valence-electron chi connectivity index (χ0n) is 13.3. The minimum Gasteiger partial charge on any atom is -0.508 e. The zero-order valence-corrected chi connectivity index (χ0v) is 13.3. The van der Waals surface area contributed by atoms with Crippen LogP contribution in [0.1, 0.15) is 44.6 Å². The number of nitrogens with zero attached hydrogens (tertiary/aromatic N) is 1. The highest BCUT2D eigenvalue weighted by Gasteiger charge is 2.21. The average Bonchev–Trinajstić information content (AvgIpc) is 2.59. The van der Waals surface area contributed by atoms with E-state index in [-0.39, 0.29) is 30.0 Å². The molecular weight excluding hydrogens is 294 g/mol. The van der Waals surface area contributed by atoms with Crippen molar-refractivity contribution in [2.45, 2.75) is 39.0 Å². The summed E-state index contributed by atoms with van der Waals surface area (Å²) in [5, 5.41) is 15.9. The van der Waals surface area contributed by atoms with Gasteiger partial charge in [-0.25, -0.2) is 5.43 Å². The average molecular weight is 317 g/mol. The number of hydrogen-bond donors (Lipinski definition) is 3. The summed E-state index contributed by atoms with van der Waals surface area (Å²) in [6.45, 7) is 1.69. The Bertz CT molecular complexity index is 575. The van der Waals surface area contributed by atoms with Gasteiger partial charge in [0.2, 0.25) is 5.91 Å². The summed E-state index contributed by atoms with van der Waals surface area (Å²) in [4.78, 5) is 23.7. The topological polar surface area (TPSA) is 90.8 Å². The second-order valence-corrected chi connectivity index (χ2v) is 5.83. The Morgan fingerprint density at radius 3 is 2.48 bits per heavy atom. The fourth-order valence-corrected chi connectivity index (χ4v) is 2.63. The third kappa shape index (κ3) is 5.39. The molecule has 6 heteroatoms. The quantitative estimate of drug-likeness (QED) is 0.572. The molecule has 3 N–H and O–H groups in total. The molecule has 0 heterocycles. The number of hydrazone groups is 1. The summed E-state index contributed by atoms with van der Waals surface area (Å²) in [6, 6.07) is 6.54. The van der Waals surface area contributed by atoms with Crippen molar-refractivity contribution in [1.82, 2.24) is 10.7 Å². The highest BCUT2D eigenvalue weighted by atomic mass is 16.3. The van der Waals surface area contributed by atoms with Crippen LogP contribution in [0.5, 0.6) is 5.75 Å². The van der Waals surface area contributed by atoms with Crippen LogP contribution >= 0.6 is 0 Å². The molecule has 124 valence electrons. The summed E-state index contributed by atoms with van der Waals surface area (Å²) in [6.07, 6.45) is 5.17. The lowest BCUT2D eigenvalue weighted by Gasteiger charge is -2.20. The summed E-state index contributed by atoms with van der Waals surface area (Å²) in [7, 11) is 0. The molecule has 0 radical (unpaired) electrons. The van der Waals surface area contributed by atoms with Crippen molar-refractivity contribution in [3.8, 4) is 5.75 Å². The van der Waals surface area contributed by atoms with Crippen LogP contribution in [0.3, 0.4) is 0 Å². The van der Waals surface area contributed by atoms with Crippen molar-refractivity contribution in [2.75, 3.05) is 6.54 Å². The monoisotopic (exact) mass is 317 g/mol. The maximum atomic E-state index is 11.9. The van der Waals surface area contributed by atoms with Gasteiger partial charge < -0.3 is 10.4 Å². The molecule has 1 aliphatic carbocycles. The van der Waals surface area contributed by atoms with E-state index in [0.29, 0.717) is 5.71 Å². The first-order valence-corrected chi connectivity index (χ1v) is 7.96. The Hall–Kier alpha value is -2.37. The van der Waals surface area contributed by atoms with Gasteiger partial charge in [-0.15, -0.1) is 0 Å². The van der Waals surface area contributed by atoms with E-state index in [1.54, 1.807) is 31.2 Å². The maximum Gasteiger partial charge on any atom is 0.259 e. The number of carbonyl (C=O) groups is 2. The number of hydrogen-bond acceptors (Lipinski definition) is 4. The summed E-state index contributed by atoms with van der Waals surface area (Å²) in [5.41, 5.74) is 3.85. The van der Waals surface area contributed by atoms with Crippen molar-refractivity contribution in [2.24, 2.45) is 11.0 Å². The molecule has 6 nitrogen and oxygen atoms in total. The first kappa shape index (κ1) is 17.0. The van der Waals surface area contributed by atoms with Crippen molar-refractivity contribution in [1.29, 1.82) is 0 Å². The largest absolute Gasteiger partial charge is 0.508 e. The van der Waals surface area contributed by atoms with Gasteiger partial charge in [0.25, 0.3) is 5.91 Å². The molecule has 1 saturated carbocycles. The Morgan fingerprint density at radius 1 is 1.17 bits per heavy atom. The van der Waals surface area contributed by atoms with Gasteiger partial charge in [0, 0.05) is 5.92 Å². The maximum absolute atomic E-state index is 11.9. The zero-order chi connectivity index (χ0) is 16.7. The van der Waals surface area contributed by atoms with Crippen LogP contribution in [0.4, 0.5) is 0 Å². The molecule has 2 rings (SSSR count). The molecule has 0 spiro atoms. The van der Waals surface area contributed by atoms with Gasteiger partial charge in [-0.3, -0.25) is 9.59 Å². The molecule has 0 aromatic heterocycles. The highest BCUT2D eigenvalue weighted by Crippen LogP contribution is 2.23. The number of amides is 2. The number of rotatable bonds is 5. The Labute approximate surface area is 136 Å². The van der Waals surface area contributed by atoms with E-state index in [1.807, 2.05) is 0 Å². The molecule has 0 atom stereocenters. The first-order chi connectivity index (χ1) is 11.1. The predicted molar refractivity (Wildman–Crippen MR) is 88.0 cm³/mol. The van der Waals surface area contributed by atoms with Gasteiger partial charge in [-0.1, -0.05) is 19.3 Å². The van der Waals surface area contributed by atoms with Crippen LogP contribution in [-0.2, 0) is 9.59 Å². The molecular formula is C17H23N3O3. The first-order valence-electron chi connectivity index (χ1n) is 7.96. The highest BCUT2D eigenvalue weighted by molar-refractivity contribution is 5.99. The SMILES string of the molecule is CC(=NNC(=O)CNC(=O)C1CCCCC1)c1ccc(O)cc1. The molecule has 23 heavy (non-hydrogen) atoms. The third-order valence-corrected chi connectivity index (χ3v) is 4.03. The van der Waals surface area contributed by atoms with Crippen molar-refractivity contribution in [3.63, 3.8) is 0 Å². The molecule has 1 fully saturated rings. The molecule has 1 aliphatic rings. The van der Waals surface area contributed by atoms with Crippen LogP contribution in [0.25, 0.3) is 0 Å². The minimum absolute atomic E-state index is 0.0405. The molecule has 0 unspecified atom stereocenters. The summed E-state index contributed by atoms with van der Waals surface area (Å²) < 4.78 is 0. The van der Waals surface area contributed by atoms with Gasteiger partial charge in [0.15, 0.2) is 0 Å². The van der Waals surface area contributed by atoms with E-state index in [0.717, 1.165) is 31.2 Å². The molecule has 0 aliphatic heterocycles. The van der Waals surface area contributed by atoms with E-state index in [4.69, 9.17) is 0 Å². The second kappa shape index (κ2) is 8.31. The van der Waals surface area contributed by atoms with E-state index in [2.05, 4.69) is 15.8 Å². The number of nitrogens with one attached hydrogen (secondary N) is 2. The van der Waals surface area contributed by atoms with Gasteiger partial charge in [0.1, 0.15) is 5.75 Å². The van der Waals surface area contributed by atoms with Crippen molar-refractivity contribution >= 4 is 17.5 Å². The lowest BCUT2D eigenvalue weighted by atomic mass is 9.89. The van der Waals surface area contributed by atoms with Gasteiger partial charge >= 0.3 is 0 Å². The molecule has 0 bridgehead atoms. The van der Waals surface area contributed by atoms with Crippen molar-refractivity contribution in [3.05, 3.63) is 29.8 Å². The Kier molecular flexibility index (Phi) is 6.14. The third-order valence-electron chi connectivity index (χ3n) is 4.03. The van der Waals surface area contributed by atoms with E-state index >= 15 is 0 Å². The van der Waals surface area contributed by atoms with E-state index < -0.39 is 0 Å². The van der Waals surface area contributed by atoms with Gasteiger partial charge in [0.05, 0.1) is 12.3 Å². The fraction of sp³-hybridized carbons (Fsp3) is 0.471. The number of benzene rings is 1. The van der Waals surface area contributed by atoms with Crippen molar-refractivity contribution < 1.29 is 14.7 Å². The molecule has 2 amide bonds. The number of aromatic hydroxyl groups is 1. The van der Waals surface area contributed by atoms with Crippen LogP contribution in [-0.4, -0.2) is 29.2 Å². The summed E-state index contributed by atoms with van der Waals surface area (Å²) >= 11 is 0. The Balaban J connectivity index is 1.76. The normalized spacial score (nSPS) is 16.0. The van der Waals surface area contributed by atoms with Gasteiger partial charge in [-0.05, 0) is 49.6 Å². The summed E-state index contributed by atoms with van der Waals surface area (Å²) in [5.74, 6) is -0.179. The Morgan fingerprint density at radius 2 is 1.83 bits per heavy atom. The van der Waals surface area contributed by atoms with Crippen LogP contribution in [0.2, 0.25) is 0 Å². The lowest BCUT2D eigenvalue weighted by Crippen LogP contribution is -2.39. The van der Waals surface area contributed by atoms with Gasteiger partial charge in [-0.2, -0.15) is 5.10 Å². The standard InChI is InChI=1S/C17H23N3O3/c1-12(13-7-9-15(21)10-8-13)19-20-16(22)11-18-17(23)14-5-3-2-4-6-14/h7-10,14,21H,2-6,11H2,1H3,(H,18,23)(H,20,22). The van der Waals surface area contributed by atoms with Crippen LogP contribution in [0, 0.1) is 5.92 Å². The predicted octanol–water partition coefficient (Wildman–Crippen LogP) is 1.93. The molecule has 0 saturated heterocycles. The lowest BCUT2D eigenvalue weighted by molar-refractivity contribution is -0.129. The second-order valence-electron chi connectivity index (χ2n) is 5.83. The smallest absolute Gasteiger partial charge is 0.259 e. The number of carbonyl (C=O) groups excluding carboxylic acids is 2. The number of phenols is 1. The van der Waals surface area contributed by atoms with E-state index in [1.165, 1.54) is 6.42 Å². The number of phenolic OH excluding ortho intramolecular Hbond substituents is 1. The van der Waals surface area contributed by atoms with Crippen LogP contribution < -0.4 is 10.7 Å². The minimum atomic E-state index is -0.354. The molecule has 1 aromatic carbocycles.